The number of hydrogen-bond donors (Lipinski definition) is 2. The van der Waals surface area contributed by atoms with Crippen molar-refractivity contribution in [1.82, 2.24) is 15.2 Å². The van der Waals surface area contributed by atoms with Crippen molar-refractivity contribution in [2.45, 2.75) is 62.7 Å². The molecule has 0 amide bonds. The van der Waals surface area contributed by atoms with Crippen LogP contribution in [0.3, 0.4) is 0 Å². The zero-order valence-corrected chi connectivity index (χ0v) is 18.7. The van der Waals surface area contributed by atoms with Crippen LogP contribution in [0, 0.1) is 0 Å². The van der Waals surface area contributed by atoms with Crippen molar-refractivity contribution in [3.05, 3.63) is 58.9 Å². The molecule has 1 aromatic carbocycles. The summed E-state index contributed by atoms with van der Waals surface area (Å²) in [4.78, 5) is 8.96. The van der Waals surface area contributed by atoms with Crippen molar-refractivity contribution in [3.8, 4) is 0 Å². The summed E-state index contributed by atoms with van der Waals surface area (Å²) in [7, 11) is 2.18. The van der Waals surface area contributed by atoms with Gasteiger partial charge in [0.1, 0.15) is 0 Å². The Bertz CT molecular complexity index is 965. The van der Waals surface area contributed by atoms with E-state index in [0.717, 1.165) is 38.0 Å². The molecule has 7 heteroatoms. The molecule has 3 atom stereocenters. The van der Waals surface area contributed by atoms with Crippen molar-refractivity contribution in [2.75, 3.05) is 31.6 Å². The summed E-state index contributed by atoms with van der Waals surface area (Å²) >= 11 is 0. The molecule has 2 aromatic rings. The molecule has 5 nitrogen and oxygen atoms in total. The van der Waals surface area contributed by atoms with E-state index in [4.69, 9.17) is 10.7 Å². The molecule has 1 saturated heterocycles. The van der Waals surface area contributed by atoms with Gasteiger partial charge in [-0.3, -0.25) is 9.88 Å². The lowest BCUT2D eigenvalue weighted by Gasteiger charge is -2.41. The summed E-state index contributed by atoms with van der Waals surface area (Å²) in [5, 5.41) is 3.67. The molecule has 0 saturated carbocycles. The standard InChI is InChI=1S/C25H33F2N5/c1-31(22-9-2-5-17-7-4-11-29-24(17)22)15-19-13-20-18(14-30-19)6-3-8-21(20)32-12-10-23(28)25(26,27)16-32/h3-4,6-8,11,19,22-23,30H,2,5,9-10,12-16,28H2,1H3/t19-,22+,23?/m1/s1. The molecule has 0 bridgehead atoms. The second kappa shape index (κ2) is 8.69. The molecule has 3 aliphatic rings. The summed E-state index contributed by atoms with van der Waals surface area (Å²) < 4.78 is 28.7. The second-order valence-electron chi connectivity index (χ2n) is 9.67. The third-order valence-electron chi connectivity index (χ3n) is 7.48. The maximum absolute atomic E-state index is 14.4. The summed E-state index contributed by atoms with van der Waals surface area (Å²) in [6.07, 6.45) is 6.46. The highest BCUT2D eigenvalue weighted by Gasteiger charge is 2.43. The van der Waals surface area contributed by atoms with Crippen molar-refractivity contribution < 1.29 is 8.78 Å². The minimum atomic E-state index is -2.85. The third kappa shape index (κ3) is 4.14. The first-order chi connectivity index (χ1) is 15.4. The lowest BCUT2D eigenvalue weighted by Crippen LogP contribution is -2.55. The fourth-order valence-electron chi connectivity index (χ4n) is 5.67. The number of likely N-dealkylation sites (N-methyl/N-ethyl adjacent to an activating group) is 1. The number of hydrogen-bond acceptors (Lipinski definition) is 5. The number of benzene rings is 1. The first-order valence-corrected chi connectivity index (χ1v) is 11.8. The van der Waals surface area contributed by atoms with E-state index in [1.165, 1.54) is 28.8 Å². The summed E-state index contributed by atoms with van der Waals surface area (Å²) in [5.41, 5.74) is 11.6. The van der Waals surface area contributed by atoms with Gasteiger partial charge in [-0.05, 0) is 68.0 Å². The molecule has 5 rings (SSSR count). The number of aromatic nitrogens is 1. The SMILES string of the molecule is CN(C[C@H]1Cc2c(cccc2N2CCC(N)C(F)(F)C2)CN1)[C@H]1CCCc2cccnc21. The molecule has 2 aliphatic heterocycles. The zero-order valence-electron chi connectivity index (χ0n) is 18.7. The number of nitrogens with two attached hydrogens (primary N) is 1. The van der Waals surface area contributed by atoms with Crippen molar-refractivity contribution in [3.63, 3.8) is 0 Å². The van der Waals surface area contributed by atoms with Crippen LogP contribution in [-0.4, -0.2) is 54.6 Å². The molecule has 32 heavy (non-hydrogen) atoms. The minimum Gasteiger partial charge on any atom is -0.365 e. The van der Waals surface area contributed by atoms with Crippen molar-refractivity contribution in [1.29, 1.82) is 0 Å². The van der Waals surface area contributed by atoms with E-state index in [2.05, 4.69) is 29.4 Å². The number of fused-ring (bicyclic) bond motifs is 2. The number of alkyl halides is 2. The van der Waals surface area contributed by atoms with Crippen LogP contribution >= 0.6 is 0 Å². The van der Waals surface area contributed by atoms with E-state index in [1.54, 1.807) is 0 Å². The van der Waals surface area contributed by atoms with Gasteiger partial charge in [0, 0.05) is 37.6 Å². The van der Waals surface area contributed by atoms with Gasteiger partial charge in [0.05, 0.1) is 24.3 Å². The monoisotopic (exact) mass is 441 g/mol. The molecule has 3 N–H and O–H groups in total. The van der Waals surface area contributed by atoms with Gasteiger partial charge in [-0.15, -0.1) is 0 Å². The lowest BCUT2D eigenvalue weighted by atomic mass is 9.89. The van der Waals surface area contributed by atoms with Gasteiger partial charge in [0.2, 0.25) is 0 Å². The topological polar surface area (TPSA) is 57.4 Å². The molecule has 1 aromatic heterocycles. The number of piperidine rings is 1. The first-order valence-electron chi connectivity index (χ1n) is 11.8. The predicted molar refractivity (Wildman–Crippen MR) is 123 cm³/mol. The average Bonchev–Trinajstić information content (AvgIpc) is 2.80. The Labute approximate surface area is 189 Å². The van der Waals surface area contributed by atoms with Gasteiger partial charge in [-0.1, -0.05) is 18.2 Å². The van der Waals surface area contributed by atoms with Crippen LogP contribution in [0.15, 0.2) is 36.5 Å². The Morgan fingerprint density at radius 3 is 2.91 bits per heavy atom. The molecule has 1 unspecified atom stereocenters. The smallest absolute Gasteiger partial charge is 0.280 e. The van der Waals surface area contributed by atoms with Crippen LogP contribution in [0.25, 0.3) is 0 Å². The molecule has 0 radical (unpaired) electrons. The molecule has 3 heterocycles. The number of nitrogens with one attached hydrogen (secondary N) is 1. The Morgan fingerprint density at radius 1 is 1.22 bits per heavy atom. The quantitative estimate of drug-likeness (QED) is 0.763. The number of halogens is 2. The predicted octanol–water partition coefficient (Wildman–Crippen LogP) is 3.28. The van der Waals surface area contributed by atoms with Crippen LogP contribution in [0.1, 0.15) is 47.7 Å². The molecule has 0 spiro atoms. The Hall–Kier alpha value is -2.09. The van der Waals surface area contributed by atoms with Crippen LogP contribution < -0.4 is 16.0 Å². The van der Waals surface area contributed by atoms with E-state index >= 15 is 0 Å². The van der Waals surface area contributed by atoms with E-state index < -0.39 is 12.0 Å². The highest BCUT2D eigenvalue weighted by molar-refractivity contribution is 5.58. The lowest BCUT2D eigenvalue weighted by molar-refractivity contribution is -0.0300. The number of pyridine rings is 1. The third-order valence-corrected chi connectivity index (χ3v) is 7.48. The van der Waals surface area contributed by atoms with Gasteiger partial charge < -0.3 is 16.0 Å². The van der Waals surface area contributed by atoms with Crippen molar-refractivity contribution >= 4 is 5.69 Å². The Morgan fingerprint density at radius 2 is 2.06 bits per heavy atom. The highest BCUT2D eigenvalue weighted by Crippen LogP contribution is 2.35. The van der Waals surface area contributed by atoms with Gasteiger partial charge in [0.15, 0.2) is 0 Å². The van der Waals surface area contributed by atoms with Crippen LogP contribution in [-0.2, 0) is 19.4 Å². The summed E-state index contributed by atoms with van der Waals surface area (Å²) in [6, 6.07) is 9.88. The first kappa shape index (κ1) is 21.7. The molecule has 172 valence electrons. The summed E-state index contributed by atoms with van der Waals surface area (Å²) in [6.45, 7) is 1.95. The fraction of sp³-hybridized carbons (Fsp3) is 0.560. The highest BCUT2D eigenvalue weighted by atomic mass is 19.3. The minimum absolute atomic E-state index is 0.273. The molecular weight excluding hydrogens is 408 g/mol. The van der Waals surface area contributed by atoms with E-state index in [0.29, 0.717) is 19.0 Å². The number of anilines is 1. The van der Waals surface area contributed by atoms with Gasteiger partial charge in [-0.25, -0.2) is 8.78 Å². The summed E-state index contributed by atoms with van der Waals surface area (Å²) in [5.74, 6) is -2.85. The fourth-order valence-corrected chi connectivity index (χ4v) is 5.67. The average molecular weight is 442 g/mol. The molecule has 1 fully saturated rings. The van der Waals surface area contributed by atoms with Crippen LogP contribution in [0.5, 0.6) is 0 Å². The normalized spacial score (nSPS) is 27.2. The molecular formula is C25H33F2N5. The van der Waals surface area contributed by atoms with E-state index in [9.17, 15) is 8.78 Å². The largest absolute Gasteiger partial charge is 0.365 e. The maximum atomic E-state index is 14.4. The number of rotatable bonds is 4. The Balaban J connectivity index is 1.32. The number of aryl methyl sites for hydroxylation is 1. The van der Waals surface area contributed by atoms with Crippen LogP contribution in [0.4, 0.5) is 14.5 Å². The van der Waals surface area contributed by atoms with E-state index in [1.807, 2.05) is 29.3 Å². The van der Waals surface area contributed by atoms with Gasteiger partial charge >= 0.3 is 0 Å². The second-order valence-corrected chi connectivity index (χ2v) is 9.67. The van der Waals surface area contributed by atoms with Gasteiger partial charge in [0.25, 0.3) is 5.92 Å². The number of nitrogens with zero attached hydrogens (tertiary/aromatic N) is 3. The van der Waals surface area contributed by atoms with Crippen molar-refractivity contribution in [2.24, 2.45) is 5.73 Å². The van der Waals surface area contributed by atoms with Crippen LogP contribution in [0.2, 0.25) is 0 Å². The van der Waals surface area contributed by atoms with Gasteiger partial charge in [-0.2, -0.15) is 0 Å². The Kier molecular flexibility index (Phi) is 5.90. The van der Waals surface area contributed by atoms with E-state index in [-0.39, 0.29) is 12.6 Å². The maximum Gasteiger partial charge on any atom is 0.280 e. The zero-order chi connectivity index (χ0) is 22.3. The molecule has 1 aliphatic carbocycles.